The van der Waals surface area contributed by atoms with Gasteiger partial charge in [-0.3, -0.25) is 0 Å². The highest BCUT2D eigenvalue weighted by Crippen LogP contribution is 2.30. The van der Waals surface area contributed by atoms with Gasteiger partial charge in [-0.1, -0.05) is 36.9 Å². The van der Waals surface area contributed by atoms with Crippen LogP contribution in [0.4, 0.5) is 0 Å². The van der Waals surface area contributed by atoms with Crippen molar-refractivity contribution in [1.29, 1.82) is 0 Å². The van der Waals surface area contributed by atoms with Crippen LogP contribution in [-0.4, -0.2) is 40.0 Å². The van der Waals surface area contributed by atoms with E-state index in [1.54, 1.807) is 20.3 Å². The zero-order chi connectivity index (χ0) is 24.1. The van der Waals surface area contributed by atoms with Gasteiger partial charge in [-0.05, 0) is 69.0 Å². The van der Waals surface area contributed by atoms with Crippen molar-refractivity contribution in [2.45, 2.75) is 46.2 Å². The second-order valence-electron chi connectivity index (χ2n) is 7.34. The van der Waals surface area contributed by atoms with Crippen LogP contribution < -0.4 is 18.9 Å². The Labute approximate surface area is 197 Å². The first-order valence-electron chi connectivity index (χ1n) is 11.2. The molecule has 0 saturated heterocycles. The van der Waals surface area contributed by atoms with Crippen molar-refractivity contribution in [1.82, 2.24) is 0 Å². The van der Waals surface area contributed by atoms with Crippen molar-refractivity contribution < 1.29 is 28.4 Å². The Hall–Kier alpha value is -2.96. The number of allylic oxidation sites excluding steroid dienone is 1. The summed E-state index contributed by atoms with van der Waals surface area (Å²) >= 11 is 0. The van der Waals surface area contributed by atoms with Gasteiger partial charge in [-0.15, -0.1) is 0 Å². The first-order valence-corrected chi connectivity index (χ1v) is 11.2. The minimum absolute atomic E-state index is 0.388. The van der Waals surface area contributed by atoms with Crippen LogP contribution in [0, 0.1) is 0 Å². The van der Waals surface area contributed by atoms with Crippen LogP contribution in [0.15, 0.2) is 49.1 Å². The minimum atomic E-state index is -0.394. The lowest BCUT2D eigenvalue weighted by atomic mass is 10.2. The van der Waals surface area contributed by atoms with Gasteiger partial charge in [0, 0.05) is 0 Å². The smallest absolute Gasteiger partial charge is 0.197 e. The first-order chi connectivity index (χ1) is 16.0. The first kappa shape index (κ1) is 26.3. The minimum Gasteiger partial charge on any atom is -0.493 e. The van der Waals surface area contributed by atoms with Crippen molar-refractivity contribution in [3.8, 4) is 23.0 Å². The monoisotopic (exact) mass is 456 g/mol. The Kier molecular flexibility index (Phi) is 11.3. The van der Waals surface area contributed by atoms with Crippen LogP contribution in [0.5, 0.6) is 23.0 Å². The molecule has 0 heterocycles. The highest BCUT2D eigenvalue weighted by atomic mass is 16.7. The molecule has 0 bridgehead atoms. The summed E-state index contributed by atoms with van der Waals surface area (Å²) in [4.78, 5) is 0. The average Bonchev–Trinajstić information content (AvgIpc) is 2.82. The molecular formula is C27H36O6. The van der Waals surface area contributed by atoms with Gasteiger partial charge < -0.3 is 28.4 Å². The van der Waals surface area contributed by atoms with Crippen LogP contribution in [0.1, 0.15) is 44.7 Å². The number of rotatable bonds is 15. The van der Waals surface area contributed by atoms with Gasteiger partial charge in [-0.25, -0.2) is 0 Å². The molecule has 0 saturated carbocycles. The molecule has 0 N–H and O–H groups in total. The molecule has 2 unspecified atom stereocenters. The van der Waals surface area contributed by atoms with Crippen LogP contribution in [-0.2, 0) is 9.47 Å². The van der Waals surface area contributed by atoms with Gasteiger partial charge in [-0.2, -0.15) is 0 Å². The van der Waals surface area contributed by atoms with Crippen molar-refractivity contribution >= 4 is 12.2 Å². The predicted molar refractivity (Wildman–Crippen MR) is 132 cm³/mol. The Morgan fingerprint density at radius 2 is 1.24 bits per heavy atom. The maximum atomic E-state index is 5.88. The molecule has 0 aliphatic rings. The van der Waals surface area contributed by atoms with Crippen LogP contribution in [0.3, 0.4) is 0 Å². The topological polar surface area (TPSA) is 55.4 Å². The fourth-order valence-corrected chi connectivity index (χ4v) is 3.11. The average molecular weight is 457 g/mol. The maximum Gasteiger partial charge on any atom is 0.197 e. The van der Waals surface area contributed by atoms with Crippen LogP contribution in [0.25, 0.3) is 12.2 Å². The van der Waals surface area contributed by atoms with E-state index < -0.39 is 6.29 Å². The Morgan fingerprint density at radius 3 is 1.70 bits per heavy atom. The summed E-state index contributed by atoms with van der Waals surface area (Å²) in [5.74, 6) is 2.63. The molecule has 0 aliphatic heterocycles. The lowest BCUT2D eigenvalue weighted by Crippen LogP contribution is -2.19. The molecule has 180 valence electrons. The summed E-state index contributed by atoms with van der Waals surface area (Å²) in [6.45, 7) is 10.6. The van der Waals surface area contributed by atoms with Crippen molar-refractivity contribution in [3.05, 3.63) is 60.2 Å². The molecular weight excluding hydrogens is 420 g/mol. The number of benzene rings is 2. The van der Waals surface area contributed by atoms with E-state index in [0.717, 1.165) is 24.0 Å². The molecule has 0 aliphatic carbocycles. The molecule has 2 rings (SSSR count). The fourth-order valence-electron chi connectivity index (χ4n) is 3.11. The van der Waals surface area contributed by atoms with Crippen molar-refractivity contribution in [2.24, 2.45) is 0 Å². The molecule has 6 heteroatoms. The third-order valence-electron chi connectivity index (χ3n) is 4.80. The fraction of sp³-hybridized carbons (Fsp3) is 0.407. The molecule has 2 atom stereocenters. The molecule has 0 amide bonds. The second kappa shape index (κ2) is 14.2. The van der Waals surface area contributed by atoms with E-state index in [4.69, 9.17) is 28.4 Å². The summed E-state index contributed by atoms with van der Waals surface area (Å²) in [5, 5.41) is 0. The number of hydrogen-bond acceptors (Lipinski definition) is 6. The lowest BCUT2D eigenvalue weighted by Gasteiger charge is -2.19. The van der Waals surface area contributed by atoms with E-state index in [1.165, 1.54) is 0 Å². The third kappa shape index (κ3) is 8.83. The normalized spacial score (nSPS) is 12.9. The van der Waals surface area contributed by atoms with Gasteiger partial charge in [0.2, 0.25) is 0 Å². The van der Waals surface area contributed by atoms with Gasteiger partial charge in [0.25, 0.3) is 0 Å². The zero-order valence-electron chi connectivity index (χ0n) is 20.3. The lowest BCUT2D eigenvalue weighted by molar-refractivity contribution is -0.0812. The third-order valence-corrected chi connectivity index (χ3v) is 4.80. The van der Waals surface area contributed by atoms with Crippen molar-refractivity contribution in [2.75, 3.05) is 27.4 Å². The van der Waals surface area contributed by atoms with Gasteiger partial charge in [0.05, 0.1) is 27.4 Å². The van der Waals surface area contributed by atoms with E-state index in [1.807, 2.05) is 69.3 Å². The zero-order valence-corrected chi connectivity index (χ0v) is 20.3. The van der Waals surface area contributed by atoms with Gasteiger partial charge in [0.15, 0.2) is 35.6 Å². The predicted octanol–water partition coefficient (Wildman–Crippen LogP) is 6.34. The van der Waals surface area contributed by atoms with E-state index in [0.29, 0.717) is 36.2 Å². The van der Waals surface area contributed by atoms with E-state index >= 15 is 0 Å². The largest absolute Gasteiger partial charge is 0.493 e. The Balaban J connectivity index is 1.67. The standard InChI is InChI=1S/C27H36O6/c1-7-11-23-13-15-25(27(19-23)29-6)33-21(4)31-17-10-9-16-30-20(3)32-24-14-12-22(8-2)18-26(24)28-5/h7-8,11-15,18-21H,2,9-10,16-17H2,1,3-6H3/b11-7+. The molecule has 33 heavy (non-hydrogen) atoms. The van der Waals surface area contributed by atoms with E-state index in [-0.39, 0.29) is 6.29 Å². The molecule has 0 radical (unpaired) electrons. The molecule has 0 aromatic heterocycles. The van der Waals surface area contributed by atoms with E-state index in [9.17, 15) is 0 Å². The molecule has 0 fully saturated rings. The number of ether oxygens (including phenoxy) is 6. The highest BCUT2D eigenvalue weighted by molar-refractivity contribution is 5.56. The highest BCUT2D eigenvalue weighted by Gasteiger charge is 2.11. The van der Waals surface area contributed by atoms with Crippen LogP contribution in [0.2, 0.25) is 0 Å². The Morgan fingerprint density at radius 1 is 0.758 bits per heavy atom. The Bertz CT molecular complexity index is 892. The molecule has 2 aromatic rings. The SMILES string of the molecule is C=Cc1ccc(OC(C)OCCCCOC(C)Oc2ccc(/C=C/C)cc2OC)c(OC)c1. The maximum absolute atomic E-state index is 5.88. The molecule has 2 aromatic carbocycles. The quantitative estimate of drug-likeness (QED) is 0.230. The number of hydrogen-bond donors (Lipinski definition) is 0. The second-order valence-corrected chi connectivity index (χ2v) is 7.34. The summed E-state index contributed by atoms with van der Waals surface area (Å²) in [6.07, 6.45) is 6.65. The van der Waals surface area contributed by atoms with Gasteiger partial charge >= 0.3 is 0 Å². The van der Waals surface area contributed by atoms with Crippen LogP contribution >= 0.6 is 0 Å². The molecule has 0 spiro atoms. The van der Waals surface area contributed by atoms with Crippen molar-refractivity contribution in [3.63, 3.8) is 0 Å². The van der Waals surface area contributed by atoms with E-state index in [2.05, 4.69) is 6.58 Å². The summed E-state index contributed by atoms with van der Waals surface area (Å²) in [7, 11) is 3.24. The summed E-state index contributed by atoms with van der Waals surface area (Å²) in [6, 6.07) is 11.5. The van der Waals surface area contributed by atoms with Gasteiger partial charge in [0.1, 0.15) is 0 Å². The summed E-state index contributed by atoms with van der Waals surface area (Å²) in [5.41, 5.74) is 2.02. The molecule has 6 nitrogen and oxygen atoms in total. The number of unbranched alkanes of at least 4 members (excludes halogenated alkanes) is 1. The number of methoxy groups -OCH3 is 2. The summed E-state index contributed by atoms with van der Waals surface area (Å²) < 4.78 is 34.1.